The highest BCUT2D eigenvalue weighted by Crippen LogP contribution is 2.35. The second-order valence-electron chi connectivity index (χ2n) is 5.91. The predicted octanol–water partition coefficient (Wildman–Crippen LogP) is 3.12. The van der Waals surface area contributed by atoms with E-state index in [4.69, 9.17) is 9.47 Å². The van der Waals surface area contributed by atoms with Crippen molar-refractivity contribution in [3.8, 4) is 17.6 Å². The molecule has 0 unspecified atom stereocenters. The van der Waals surface area contributed by atoms with Crippen LogP contribution in [0.5, 0.6) is 11.5 Å². The number of nitrogens with zero attached hydrogens (tertiary/aromatic N) is 2. The summed E-state index contributed by atoms with van der Waals surface area (Å²) in [5.41, 5.74) is 0.212. The standard InChI is InChI=1S/C20H18N4O6/c1-12(25)22-15-4-6-16(7-5-15)23-20(26)14(11-21)8-13-9-18(29-2)19(30-3)10-17(13)24(27)28/h4-10H,1-3H3,(H,22,25)(H,23,26)/b14-8+. The first-order valence-electron chi connectivity index (χ1n) is 8.50. The van der Waals surface area contributed by atoms with E-state index in [1.165, 1.54) is 39.3 Å². The Labute approximate surface area is 171 Å². The molecule has 2 amide bonds. The first-order valence-corrected chi connectivity index (χ1v) is 8.50. The molecule has 0 atom stereocenters. The molecule has 10 heteroatoms. The van der Waals surface area contributed by atoms with Gasteiger partial charge in [-0.3, -0.25) is 19.7 Å². The number of nitro benzene ring substituents is 1. The number of anilines is 2. The van der Waals surface area contributed by atoms with E-state index in [0.717, 1.165) is 12.1 Å². The first-order chi connectivity index (χ1) is 14.3. The second kappa shape index (κ2) is 9.70. The van der Waals surface area contributed by atoms with Gasteiger partial charge < -0.3 is 20.1 Å². The number of rotatable bonds is 7. The van der Waals surface area contributed by atoms with Crippen LogP contribution in [0.15, 0.2) is 42.0 Å². The van der Waals surface area contributed by atoms with Crippen LogP contribution in [0.2, 0.25) is 0 Å². The van der Waals surface area contributed by atoms with Crippen LogP contribution in [0.1, 0.15) is 12.5 Å². The van der Waals surface area contributed by atoms with E-state index < -0.39 is 10.8 Å². The van der Waals surface area contributed by atoms with E-state index in [2.05, 4.69) is 10.6 Å². The summed E-state index contributed by atoms with van der Waals surface area (Å²) >= 11 is 0. The molecule has 2 N–H and O–H groups in total. The largest absolute Gasteiger partial charge is 0.493 e. The molecule has 0 heterocycles. The predicted molar refractivity (Wildman–Crippen MR) is 109 cm³/mol. The molecule has 0 bridgehead atoms. The summed E-state index contributed by atoms with van der Waals surface area (Å²) in [6, 6.07) is 10.4. The van der Waals surface area contributed by atoms with E-state index in [1.807, 2.05) is 0 Å². The van der Waals surface area contributed by atoms with Crippen LogP contribution in [-0.4, -0.2) is 31.0 Å². The SMILES string of the molecule is COc1cc(/C=C(\C#N)C(=O)Nc2ccc(NC(C)=O)cc2)c([N+](=O)[O-])cc1OC. The zero-order valence-electron chi connectivity index (χ0n) is 16.4. The van der Waals surface area contributed by atoms with Gasteiger partial charge in [-0.25, -0.2) is 0 Å². The van der Waals surface area contributed by atoms with E-state index >= 15 is 0 Å². The van der Waals surface area contributed by atoms with E-state index in [-0.39, 0.29) is 34.2 Å². The van der Waals surface area contributed by atoms with Crippen LogP contribution in [-0.2, 0) is 9.59 Å². The summed E-state index contributed by atoms with van der Waals surface area (Å²) in [6.45, 7) is 1.37. The van der Waals surface area contributed by atoms with Crippen molar-refractivity contribution in [3.63, 3.8) is 0 Å². The minimum atomic E-state index is -0.756. The minimum absolute atomic E-state index is 0.00496. The Morgan fingerprint density at radius 3 is 2.07 bits per heavy atom. The topological polar surface area (TPSA) is 144 Å². The number of ether oxygens (including phenoxy) is 2. The molecule has 154 valence electrons. The minimum Gasteiger partial charge on any atom is -0.493 e. The highest BCUT2D eigenvalue weighted by molar-refractivity contribution is 6.10. The van der Waals surface area contributed by atoms with Crippen LogP contribution in [0.3, 0.4) is 0 Å². The molecule has 2 rings (SSSR count). The number of nitro groups is 1. The molecular formula is C20H18N4O6. The molecule has 0 saturated carbocycles. The third-order valence-electron chi connectivity index (χ3n) is 3.86. The van der Waals surface area contributed by atoms with Crippen molar-refractivity contribution < 1.29 is 24.0 Å². The highest BCUT2D eigenvalue weighted by atomic mass is 16.6. The van der Waals surface area contributed by atoms with Gasteiger partial charge in [-0.15, -0.1) is 0 Å². The van der Waals surface area contributed by atoms with Gasteiger partial charge >= 0.3 is 0 Å². The Hall–Kier alpha value is -4.39. The van der Waals surface area contributed by atoms with Crippen LogP contribution in [0, 0.1) is 21.4 Å². The number of carbonyl (C=O) groups excluding carboxylic acids is 2. The van der Waals surface area contributed by atoms with E-state index in [0.29, 0.717) is 11.4 Å². The highest BCUT2D eigenvalue weighted by Gasteiger charge is 2.20. The van der Waals surface area contributed by atoms with E-state index in [9.17, 15) is 25.0 Å². The number of amides is 2. The maximum Gasteiger partial charge on any atom is 0.280 e. The zero-order chi connectivity index (χ0) is 22.3. The van der Waals surface area contributed by atoms with Gasteiger partial charge in [-0.05, 0) is 36.4 Å². The van der Waals surface area contributed by atoms with Gasteiger partial charge in [-0.2, -0.15) is 5.26 Å². The van der Waals surface area contributed by atoms with Crippen molar-refractivity contribution in [2.75, 3.05) is 24.9 Å². The molecule has 2 aromatic rings. The van der Waals surface area contributed by atoms with Crippen molar-refractivity contribution in [3.05, 3.63) is 57.6 Å². The quantitative estimate of drug-likeness (QED) is 0.309. The van der Waals surface area contributed by atoms with Crippen molar-refractivity contribution in [2.45, 2.75) is 6.92 Å². The zero-order valence-corrected chi connectivity index (χ0v) is 16.4. The average Bonchev–Trinajstić information content (AvgIpc) is 2.72. The van der Waals surface area contributed by atoms with Crippen molar-refractivity contribution in [2.24, 2.45) is 0 Å². The van der Waals surface area contributed by atoms with Crippen LogP contribution in [0.25, 0.3) is 6.08 Å². The monoisotopic (exact) mass is 410 g/mol. The third kappa shape index (κ3) is 5.32. The lowest BCUT2D eigenvalue weighted by Gasteiger charge is -2.09. The van der Waals surface area contributed by atoms with Crippen molar-refractivity contribution >= 4 is 35.0 Å². The average molecular weight is 410 g/mol. The van der Waals surface area contributed by atoms with Crippen LogP contribution in [0.4, 0.5) is 17.1 Å². The lowest BCUT2D eigenvalue weighted by Crippen LogP contribution is -2.13. The second-order valence-corrected chi connectivity index (χ2v) is 5.91. The summed E-state index contributed by atoms with van der Waals surface area (Å²) < 4.78 is 10.2. The molecular weight excluding hydrogens is 392 g/mol. The van der Waals surface area contributed by atoms with Crippen LogP contribution >= 0.6 is 0 Å². The molecule has 0 radical (unpaired) electrons. The fraction of sp³-hybridized carbons (Fsp3) is 0.150. The molecule has 0 fully saturated rings. The number of methoxy groups -OCH3 is 2. The van der Waals surface area contributed by atoms with Gasteiger partial charge in [0.15, 0.2) is 11.5 Å². The summed E-state index contributed by atoms with van der Waals surface area (Å²) in [4.78, 5) is 34.3. The maximum atomic E-state index is 12.5. The van der Waals surface area contributed by atoms with Gasteiger partial charge in [0.25, 0.3) is 11.6 Å². The number of hydrogen-bond donors (Lipinski definition) is 2. The molecule has 0 saturated heterocycles. The van der Waals surface area contributed by atoms with Gasteiger partial charge in [0.05, 0.1) is 30.8 Å². The summed E-state index contributed by atoms with van der Waals surface area (Å²) in [5.74, 6) is -0.643. The Kier molecular flexibility index (Phi) is 7.08. The smallest absolute Gasteiger partial charge is 0.280 e. The molecule has 2 aromatic carbocycles. The first kappa shape index (κ1) is 21.9. The Morgan fingerprint density at radius 1 is 1.07 bits per heavy atom. The van der Waals surface area contributed by atoms with Crippen molar-refractivity contribution in [1.82, 2.24) is 0 Å². The number of nitrogens with one attached hydrogen (secondary N) is 2. The fourth-order valence-electron chi connectivity index (χ4n) is 2.50. The van der Waals surface area contributed by atoms with Crippen LogP contribution < -0.4 is 20.1 Å². The van der Waals surface area contributed by atoms with Gasteiger partial charge in [0.2, 0.25) is 5.91 Å². The molecule has 0 aliphatic carbocycles. The maximum absolute atomic E-state index is 12.5. The third-order valence-corrected chi connectivity index (χ3v) is 3.86. The van der Waals surface area contributed by atoms with Crippen molar-refractivity contribution in [1.29, 1.82) is 5.26 Å². The Bertz CT molecular complexity index is 1050. The Balaban J connectivity index is 2.34. The molecule has 30 heavy (non-hydrogen) atoms. The molecule has 0 aliphatic heterocycles. The molecule has 0 spiro atoms. The molecule has 0 aromatic heterocycles. The number of benzene rings is 2. The normalized spacial score (nSPS) is 10.5. The summed E-state index contributed by atoms with van der Waals surface area (Å²) in [6.07, 6.45) is 1.10. The number of nitriles is 1. The fourth-order valence-corrected chi connectivity index (χ4v) is 2.50. The molecule has 10 nitrogen and oxygen atoms in total. The van der Waals surface area contributed by atoms with Gasteiger partial charge in [0.1, 0.15) is 11.6 Å². The lowest BCUT2D eigenvalue weighted by atomic mass is 10.1. The summed E-state index contributed by atoms with van der Waals surface area (Å²) in [5, 5.41) is 25.9. The lowest BCUT2D eigenvalue weighted by molar-refractivity contribution is -0.385. The van der Waals surface area contributed by atoms with Gasteiger partial charge in [-0.1, -0.05) is 0 Å². The van der Waals surface area contributed by atoms with Gasteiger partial charge in [0, 0.05) is 18.3 Å². The number of carbonyl (C=O) groups is 2. The summed E-state index contributed by atoms with van der Waals surface area (Å²) in [7, 11) is 2.70. The molecule has 0 aliphatic rings. The number of hydrogen-bond acceptors (Lipinski definition) is 7. The van der Waals surface area contributed by atoms with E-state index in [1.54, 1.807) is 18.2 Å². The Morgan fingerprint density at radius 2 is 1.60 bits per heavy atom.